The Balaban J connectivity index is 1.59. The number of methoxy groups -OCH3 is 1. The lowest BCUT2D eigenvalue weighted by atomic mass is 10.1. The van der Waals surface area contributed by atoms with E-state index in [-0.39, 0.29) is 5.91 Å². The number of para-hydroxylation sites is 1. The molecule has 3 aromatic rings. The molecule has 0 saturated heterocycles. The summed E-state index contributed by atoms with van der Waals surface area (Å²) in [6.45, 7) is 1.16. The highest BCUT2D eigenvalue weighted by Crippen LogP contribution is 2.17. The summed E-state index contributed by atoms with van der Waals surface area (Å²) in [6.07, 6.45) is 2.29. The second kappa shape index (κ2) is 9.50. The fourth-order valence-corrected chi connectivity index (χ4v) is 2.90. The predicted octanol–water partition coefficient (Wildman–Crippen LogP) is 3.09. The highest BCUT2D eigenvalue weighted by molar-refractivity contribution is 5.92. The molecule has 0 aliphatic carbocycles. The van der Waals surface area contributed by atoms with Crippen molar-refractivity contribution in [2.75, 3.05) is 25.6 Å². The molecule has 0 saturated carbocycles. The number of carbonyl (C=O) groups excluding carboxylic acids is 1. The molecule has 28 heavy (non-hydrogen) atoms. The van der Waals surface area contributed by atoms with E-state index in [1.54, 1.807) is 19.4 Å². The van der Waals surface area contributed by atoms with Gasteiger partial charge in [-0.3, -0.25) is 4.79 Å². The molecular formula is C22H24N4O2. The monoisotopic (exact) mass is 376 g/mol. The standard InChI is InChI=1S/C22H24N4O2/c1-26(16-17-8-4-3-5-9-17)22-24-15-13-19(25-22)21(27)23-14-12-18-10-6-7-11-20(18)28-2/h3-11,13,15H,12,14,16H2,1-2H3,(H,23,27). The van der Waals surface area contributed by atoms with Crippen molar-refractivity contribution < 1.29 is 9.53 Å². The lowest BCUT2D eigenvalue weighted by molar-refractivity contribution is 0.0949. The largest absolute Gasteiger partial charge is 0.496 e. The Kier molecular flexibility index (Phi) is 6.57. The van der Waals surface area contributed by atoms with Gasteiger partial charge in [-0.1, -0.05) is 48.5 Å². The van der Waals surface area contributed by atoms with Gasteiger partial charge in [0, 0.05) is 26.3 Å². The van der Waals surface area contributed by atoms with Gasteiger partial charge in [-0.15, -0.1) is 0 Å². The molecule has 0 atom stereocenters. The lowest BCUT2D eigenvalue weighted by Gasteiger charge is -2.17. The Bertz CT molecular complexity index is 915. The minimum Gasteiger partial charge on any atom is -0.496 e. The topological polar surface area (TPSA) is 67.3 Å². The molecule has 1 amide bonds. The summed E-state index contributed by atoms with van der Waals surface area (Å²) in [7, 11) is 3.55. The lowest BCUT2D eigenvalue weighted by Crippen LogP contribution is -2.28. The summed E-state index contributed by atoms with van der Waals surface area (Å²) in [5, 5.41) is 2.91. The first-order chi connectivity index (χ1) is 13.7. The zero-order chi connectivity index (χ0) is 19.8. The smallest absolute Gasteiger partial charge is 0.270 e. The van der Waals surface area contributed by atoms with E-state index in [2.05, 4.69) is 15.3 Å². The van der Waals surface area contributed by atoms with Gasteiger partial charge in [-0.25, -0.2) is 9.97 Å². The summed E-state index contributed by atoms with van der Waals surface area (Å²) in [6, 6.07) is 19.5. The van der Waals surface area contributed by atoms with Gasteiger partial charge in [-0.2, -0.15) is 0 Å². The number of nitrogens with one attached hydrogen (secondary N) is 1. The van der Waals surface area contributed by atoms with E-state index in [1.165, 1.54) is 0 Å². The number of anilines is 1. The van der Waals surface area contributed by atoms with Crippen molar-refractivity contribution in [1.82, 2.24) is 15.3 Å². The highest BCUT2D eigenvalue weighted by Gasteiger charge is 2.12. The molecule has 1 aromatic heterocycles. The van der Waals surface area contributed by atoms with Crippen LogP contribution in [0.5, 0.6) is 5.75 Å². The maximum Gasteiger partial charge on any atom is 0.270 e. The van der Waals surface area contributed by atoms with E-state index in [9.17, 15) is 4.79 Å². The molecule has 1 N–H and O–H groups in total. The first kappa shape index (κ1) is 19.4. The van der Waals surface area contributed by atoms with Crippen LogP contribution in [0.2, 0.25) is 0 Å². The van der Waals surface area contributed by atoms with Gasteiger partial charge < -0.3 is 15.0 Å². The maximum absolute atomic E-state index is 12.5. The first-order valence-corrected chi connectivity index (χ1v) is 9.15. The molecule has 0 radical (unpaired) electrons. The average molecular weight is 376 g/mol. The second-order valence-electron chi connectivity index (χ2n) is 6.40. The average Bonchev–Trinajstić information content (AvgIpc) is 2.75. The van der Waals surface area contributed by atoms with Gasteiger partial charge in [0.25, 0.3) is 5.91 Å². The molecule has 0 unspecified atom stereocenters. The Morgan fingerprint density at radius 2 is 1.82 bits per heavy atom. The molecule has 2 aromatic carbocycles. The maximum atomic E-state index is 12.5. The third kappa shape index (κ3) is 5.07. The number of nitrogens with zero attached hydrogens (tertiary/aromatic N) is 3. The van der Waals surface area contributed by atoms with Gasteiger partial charge in [0.1, 0.15) is 11.4 Å². The van der Waals surface area contributed by atoms with Crippen LogP contribution in [0.1, 0.15) is 21.6 Å². The SMILES string of the molecule is COc1ccccc1CCNC(=O)c1ccnc(N(C)Cc2ccccc2)n1. The number of ether oxygens (including phenoxy) is 1. The van der Waals surface area contributed by atoms with Crippen molar-refractivity contribution >= 4 is 11.9 Å². The molecule has 6 nitrogen and oxygen atoms in total. The zero-order valence-electron chi connectivity index (χ0n) is 16.1. The number of amides is 1. The minimum atomic E-state index is -0.216. The molecule has 144 valence electrons. The fraction of sp³-hybridized carbons (Fsp3) is 0.227. The molecule has 0 aliphatic heterocycles. The third-order valence-electron chi connectivity index (χ3n) is 4.35. The molecule has 3 rings (SSSR count). The van der Waals surface area contributed by atoms with Crippen molar-refractivity contribution in [2.24, 2.45) is 0 Å². The molecule has 0 fully saturated rings. The predicted molar refractivity (Wildman–Crippen MR) is 110 cm³/mol. The Labute approximate surface area is 165 Å². The fourth-order valence-electron chi connectivity index (χ4n) is 2.90. The van der Waals surface area contributed by atoms with E-state index in [0.29, 0.717) is 31.2 Å². The van der Waals surface area contributed by atoms with Crippen LogP contribution < -0.4 is 15.0 Å². The van der Waals surface area contributed by atoms with Crippen LogP contribution in [0.15, 0.2) is 66.9 Å². The molecular weight excluding hydrogens is 352 g/mol. The Morgan fingerprint density at radius 3 is 2.61 bits per heavy atom. The Morgan fingerprint density at radius 1 is 1.07 bits per heavy atom. The van der Waals surface area contributed by atoms with Crippen molar-refractivity contribution in [3.63, 3.8) is 0 Å². The highest BCUT2D eigenvalue weighted by atomic mass is 16.5. The van der Waals surface area contributed by atoms with Gasteiger partial charge in [0.2, 0.25) is 5.95 Å². The van der Waals surface area contributed by atoms with E-state index in [1.807, 2.05) is 66.5 Å². The second-order valence-corrected chi connectivity index (χ2v) is 6.40. The summed E-state index contributed by atoms with van der Waals surface area (Å²) < 4.78 is 5.34. The van der Waals surface area contributed by atoms with Crippen LogP contribution in [0.4, 0.5) is 5.95 Å². The van der Waals surface area contributed by atoms with Crippen molar-refractivity contribution in [3.8, 4) is 5.75 Å². The number of benzene rings is 2. The van der Waals surface area contributed by atoms with Gasteiger partial charge in [0.15, 0.2) is 0 Å². The molecule has 0 bridgehead atoms. The van der Waals surface area contributed by atoms with Crippen LogP contribution >= 0.6 is 0 Å². The third-order valence-corrected chi connectivity index (χ3v) is 4.35. The minimum absolute atomic E-state index is 0.216. The number of hydrogen-bond donors (Lipinski definition) is 1. The Hall–Kier alpha value is -3.41. The van der Waals surface area contributed by atoms with Crippen LogP contribution in [0.25, 0.3) is 0 Å². The summed E-state index contributed by atoms with van der Waals surface area (Å²) in [5.74, 6) is 1.12. The summed E-state index contributed by atoms with van der Waals surface area (Å²) in [5.41, 5.74) is 2.56. The van der Waals surface area contributed by atoms with E-state index in [0.717, 1.165) is 16.9 Å². The van der Waals surface area contributed by atoms with Crippen molar-refractivity contribution in [1.29, 1.82) is 0 Å². The van der Waals surface area contributed by atoms with E-state index in [4.69, 9.17) is 4.74 Å². The summed E-state index contributed by atoms with van der Waals surface area (Å²) in [4.78, 5) is 23.1. The van der Waals surface area contributed by atoms with Crippen LogP contribution in [-0.2, 0) is 13.0 Å². The van der Waals surface area contributed by atoms with Crippen LogP contribution in [0.3, 0.4) is 0 Å². The van der Waals surface area contributed by atoms with Crippen LogP contribution in [0, 0.1) is 0 Å². The first-order valence-electron chi connectivity index (χ1n) is 9.15. The van der Waals surface area contributed by atoms with Crippen molar-refractivity contribution in [3.05, 3.63) is 83.7 Å². The zero-order valence-corrected chi connectivity index (χ0v) is 16.1. The van der Waals surface area contributed by atoms with Gasteiger partial charge >= 0.3 is 0 Å². The molecule has 1 heterocycles. The van der Waals surface area contributed by atoms with Crippen LogP contribution in [-0.4, -0.2) is 36.6 Å². The number of aromatic nitrogens is 2. The van der Waals surface area contributed by atoms with Crippen molar-refractivity contribution in [2.45, 2.75) is 13.0 Å². The quantitative estimate of drug-likeness (QED) is 0.654. The van der Waals surface area contributed by atoms with E-state index < -0.39 is 0 Å². The van der Waals surface area contributed by atoms with Gasteiger partial charge in [-0.05, 0) is 29.7 Å². The number of hydrogen-bond acceptors (Lipinski definition) is 5. The molecule has 0 aliphatic rings. The number of carbonyl (C=O) groups is 1. The number of rotatable bonds is 8. The molecule has 0 spiro atoms. The van der Waals surface area contributed by atoms with Gasteiger partial charge in [0.05, 0.1) is 7.11 Å². The normalized spacial score (nSPS) is 10.4. The summed E-state index contributed by atoms with van der Waals surface area (Å²) >= 11 is 0. The van der Waals surface area contributed by atoms with E-state index >= 15 is 0 Å². The molecule has 6 heteroatoms.